The van der Waals surface area contributed by atoms with E-state index in [0.717, 1.165) is 23.5 Å². The summed E-state index contributed by atoms with van der Waals surface area (Å²) in [5.41, 5.74) is 0.777. The van der Waals surface area contributed by atoms with Gasteiger partial charge in [-0.1, -0.05) is 0 Å². The van der Waals surface area contributed by atoms with Gasteiger partial charge in [0.2, 0.25) is 11.8 Å². The maximum absolute atomic E-state index is 12.3. The maximum Gasteiger partial charge on any atom is 0.225 e. The number of amides is 2. The SMILES string of the molecule is O=C(NCc1csc(-c2ncccn2)n1)[C@H]1CC(=O)N(C2CC2)C1. The summed E-state index contributed by atoms with van der Waals surface area (Å²) in [7, 11) is 0. The maximum atomic E-state index is 12.3. The molecule has 2 amide bonds. The van der Waals surface area contributed by atoms with Gasteiger partial charge in [-0.2, -0.15) is 0 Å². The first-order valence-electron chi connectivity index (χ1n) is 7.99. The molecule has 4 rings (SSSR count). The largest absolute Gasteiger partial charge is 0.350 e. The first-order valence-corrected chi connectivity index (χ1v) is 8.87. The van der Waals surface area contributed by atoms with Crippen LogP contribution in [0.5, 0.6) is 0 Å². The molecule has 2 aromatic rings. The molecule has 0 bridgehead atoms. The van der Waals surface area contributed by atoms with Crippen LogP contribution in [0.2, 0.25) is 0 Å². The highest BCUT2D eigenvalue weighted by atomic mass is 32.1. The van der Waals surface area contributed by atoms with Crippen LogP contribution in [0.3, 0.4) is 0 Å². The number of hydrogen-bond donors (Lipinski definition) is 1. The van der Waals surface area contributed by atoms with Gasteiger partial charge in [0.05, 0.1) is 18.2 Å². The van der Waals surface area contributed by atoms with Crippen LogP contribution in [0, 0.1) is 5.92 Å². The molecule has 0 aromatic carbocycles. The van der Waals surface area contributed by atoms with Crippen molar-refractivity contribution in [2.75, 3.05) is 6.54 Å². The van der Waals surface area contributed by atoms with Crippen LogP contribution in [0.25, 0.3) is 10.8 Å². The molecule has 7 nitrogen and oxygen atoms in total. The van der Waals surface area contributed by atoms with Crippen LogP contribution in [0.15, 0.2) is 23.8 Å². The second-order valence-corrected chi connectivity index (χ2v) is 6.97. The van der Waals surface area contributed by atoms with Gasteiger partial charge in [-0.05, 0) is 18.9 Å². The number of likely N-dealkylation sites (tertiary alicyclic amines) is 1. The van der Waals surface area contributed by atoms with E-state index in [2.05, 4.69) is 20.3 Å². The highest BCUT2D eigenvalue weighted by molar-refractivity contribution is 7.13. The highest BCUT2D eigenvalue weighted by Gasteiger charge is 2.41. The normalized spacial score (nSPS) is 20.4. The molecule has 0 unspecified atom stereocenters. The van der Waals surface area contributed by atoms with Crippen molar-refractivity contribution < 1.29 is 9.59 Å². The number of carbonyl (C=O) groups excluding carboxylic acids is 2. The van der Waals surface area contributed by atoms with Gasteiger partial charge in [0.15, 0.2) is 10.8 Å². The zero-order valence-electron chi connectivity index (χ0n) is 13.0. The predicted molar refractivity (Wildman–Crippen MR) is 87.8 cm³/mol. The lowest BCUT2D eigenvalue weighted by molar-refractivity contribution is -0.129. The summed E-state index contributed by atoms with van der Waals surface area (Å²) < 4.78 is 0. The average Bonchev–Trinajstić information content (AvgIpc) is 3.20. The first kappa shape index (κ1) is 15.2. The summed E-state index contributed by atoms with van der Waals surface area (Å²) in [5, 5.41) is 5.52. The Morgan fingerprint density at radius 1 is 1.33 bits per heavy atom. The summed E-state index contributed by atoms with van der Waals surface area (Å²) in [6.45, 7) is 0.909. The molecule has 24 heavy (non-hydrogen) atoms. The van der Waals surface area contributed by atoms with E-state index in [0.29, 0.717) is 31.4 Å². The van der Waals surface area contributed by atoms with Gasteiger partial charge >= 0.3 is 0 Å². The van der Waals surface area contributed by atoms with Gasteiger partial charge in [0.1, 0.15) is 0 Å². The van der Waals surface area contributed by atoms with E-state index in [1.165, 1.54) is 11.3 Å². The van der Waals surface area contributed by atoms with Gasteiger partial charge in [-0.25, -0.2) is 15.0 Å². The smallest absolute Gasteiger partial charge is 0.225 e. The first-order chi connectivity index (χ1) is 11.7. The summed E-state index contributed by atoms with van der Waals surface area (Å²) in [5.74, 6) is 0.377. The quantitative estimate of drug-likeness (QED) is 0.882. The van der Waals surface area contributed by atoms with Gasteiger partial charge in [-0.3, -0.25) is 9.59 Å². The molecule has 0 spiro atoms. The molecule has 2 aliphatic rings. The second-order valence-electron chi connectivity index (χ2n) is 6.11. The Morgan fingerprint density at radius 3 is 2.88 bits per heavy atom. The van der Waals surface area contributed by atoms with Crippen molar-refractivity contribution in [1.29, 1.82) is 0 Å². The highest BCUT2D eigenvalue weighted by Crippen LogP contribution is 2.32. The number of carbonyl (C=O) groups is 2. The van der Waals surface area contributed by atoms with E-state index < -0.39 is 0 Å². The molecule has 1 aliphatic heterocycles. The number of nitrogens with zero attached hydrogens (tertiary/aromatic N) is 4. The van der Waals surface area contributed by atoms with Gasteiger partial charge in [0.25, 0.3) is 0 Å². The van der Waals surface area contributed by atoms with Crippen molar-refractivity contribution in [2.24, 2.45) is 5.92 Å². The van der Waals surface area contributed by atoms with Crippen molar-refractivity contribution in [3.05, 3.63) is 29.5 Å². The molecule has 1 atom stereocenters. The van der Waals surface area contributed by atoms with Crippen LogP contribution in [-0.4, -0.2) is 44.3 Å². The van der Waals surface area contributed by atoms with Crippen LogP contribution in [-0.2, 0) is 16.1 Å². The third-order valence-corrected chi connectivity index (χ3v) is 5.16. The topological polar surface area (TPSA) is 88.1 Å². The summed E-state index contributed by atoms with van der Waals surface area (Å²) >= 11 is 1.45. The molecule has 8 heteroatoms. The average molecular weight is 343 g/mol. The molecule has 124 valence electrons. The Labute approximate surface area is 143 Å². The second kappa shape index (κ2) is 6.27. The standard InChI is InChI=1S/C16H17N5O2S/c22-13-6-10(8-21(13)12-2-3-12)15(23)19-7-11-9-24-16(20-11)14-17-4-1-5-18-14/h1,4-5,9-10,12H,2-3,6-8H2,(H,19,23)/t10-/m0/s1. The minimum absolute atomic E-state index is 0.0722. The third kappa shape index (κ3) is 3.14. The molecule has 2 aromatic heterocycles. The van der Waals surface area contributed by atoms with Gasteiger partial charge in [-0.15, -0.1) is 11.3 Å². The molecule has 0 radical (unpaired) electrons. The van der Waals surface area contributed by atoms with Crippen LogP contribution in [0.1, 0.15) is 25.0 Å². The zero-order valence-corrected chi connectivity index (χ0v) is 13.8. The Bertz CT molecular complexity index is 759. The van der Waals surface area contributed by atoms with Crippen molar-refractivity contribution in [3.63, 3.8) is 0 Å². The van der Waals surface area contributed by atoms with Crippen molar-refractivity contribution >= 4 is 23.2 Å². The van der Waals surface area contributed by atoms with E-state index in [1.54, 1.807) is 18.5 Å². The fraction of sp³-hybridized carbons (Fsp3) is 0.438. The molecule has 1 aliphatic carbocycles. The minimum Gasteiger partial charge on any atom is -0.350 e. The van der Waals surface area contributed by atoms with E-state index in [4.69, 9.17) is 0 Å². The van der Waals surface area contributed by atoms with E-state index in [9.17, 15) is 9.59 Å². The summed E-state index contributed by atoms with van der Waals surface area (Å²) in [4.78, 5) is 38.9. The third-order valence-electron chi connectivity index (χ3n) is 4.27. The number of nitrogens with one attached hydrogen (secondary N) is 1. The zero-order chi connectivity index (χ0) is 16.5. The van der Waals surface area contributed by atoms with Crippen molar-refractivity contribution in [3.8, 4) is 10.8 Å². The molecule has 3 heterocycles. The summed E-state index contributed by atoms with van der Waals surface area (Å²) in [6.07, 6.45) is 5.82. The fourth-order valence-electron chi connectivity index (χ4n) is 2.87. The Hall–Kier alpha value is -2.35. The molecular weight excluding hydrogens is 326 g/mol. The number of rotatable bonds is 5. The Balaban J connectivity index is 1.33. The van der Waals surface area contributed by atoms with Crippen LogP contribution >= 0.6 is 11.3 Å². The van der Waals surface area contributed by atoms with E-state index in [1.807, 2.05) is 10.3 Å². The van der Waals surface area contributed by atoms with Gasteiger partial charge < -0.3 is 10.2 Å². The number of thiazole rings is 1. The van der Waals surface area contributed by atoms with Gasteiger partial charge in [0, 0.05) is 36.8 Å². The minimum atomic E-state index is -0.242. The lowest BCUT2D eigenvalue weighted by atomic mass is 10.1. The van der Waals surface area contributed by atoms with E-state index >= 15 is 0 Å². The monoisotopic (exact) mass is 343 g/mol. The van der Waals surface area contributed by atoms with E-state index in [-0.39, 0.29) is 17.7 Å². The Morgan fingerprint density at radius 2 is 2.12 bits per heavy atom. The van der Waals surface area contributed by atoms with Crippen molar-refractivity contribution in [2.45, 2.75) is 31.8 Å². The number of aromatic nitrogens is 3. The predicted octanol–water partition coefficient (Wildman–Crippen LogP) is 1.23. The summed E-state index contributed by atoms with van der Waals surface area (Å²) in [6, 6.07) is 2.13. The Kier molecular flexibility index (Phi) is 3.97. The molecule has 1 N–H and O–H groups in total. The van der Waals surface area contributed by atoms with Crippen molar-refractivity contribution in [1.82, 2.24) is 25.2 Å². The number of hydrogen-bond acceptors (Lipinski definition) is 6. The van der Waals surface area contributed by atoms with Crippen LogP contribution < -0.4 is 5.32 Å². The lowest BCUT2D eigenvalue weighted by Gasteiger charge is -2.15. The van der Waals surface area contributed by atoms with Crippen LogP contribution in [0.4, 0.5) is 0 Å². The molecule has 1 saturated heterocycles. The lowest BCUT2D eigenvalue weighted by Crippen LogP contribution is -2.33. The fourth-order valence-corrected chi connectivity index (χ4v) is 3.63. The molecule has 2 fully saturated rings. The molecule has 1 saturated carbocycles. The molecular formula is C16H17N5O2S.